The van der Waals surface area contributed by atoms with Gasteiger partial charge >= 0.3 is 5.97 Å². The van der Waals surface area contributed by atoms with Crippen molar-refractivity contribution in [3.05, 3.63) is 61.2 Å². The van der Waals surface area contributed by atoms with Gasteiger partial charge in [-0.25, -0.2) is 0 Å². The fourth-order valence-electron chi connectivity index (χ4n) is 8.16. The number of allylic oxidation sites excluding steroid dienone is 1. The number of nitrogens with zero attached hydrogens (tertiary/aromatic N) is 2. The first-order chi connectivity index (χ1) is 20.2. The molecule has 3 saturated heterocycles. The first-order valence-electron chi connectivity index (χ1n) is 15.6. The van der Waals surface area contributed by atoms with E-state index < -0.39 is 46.6 Å². The van der Waals surface area contributed by atoms with Crippen molar-refractivity contribution in [3.63, 3.8) is 0 Å². The number of aliphatic hydroxyl groups excluding tert-OH is 1. The van der Waals surface area contributed by atoms with Crippen LogP contribution in [-0.2, 0) is 23.9 Å². The maximum absolute atomic E-state index is 15.0. The SMILES string of the molecule is C=CCCCOC(=O)[C@@H]1[C@H]2C(=O)N([C@H](CO)c3ccccc3)C(C(=O)N(CC=C)C(C)(C)CC(C)(C)C)C23CC[C@@]1(C)O3. The zero-order chi connectivity index (χ0) is 31.8. The van der Waals surface area contributed by atoms with Gasteiger partial charge in [-0.2, -0.15) is 0 Å². The molecule has 0 radical (unpaired) electrons. The predicted molar refractivity (Wildman–Crippen MR) is 166 cm³/mol. The summed E-state index contributed by atoms with van der Waals surface area (Å²) in [5.74, 6) is -2.85. The third kappa shape index (κ3) is 5.93. The molecular formula is C35H50N2O6. The Morgan fingerprint density at radius 3 is 2.42 bits per heavy atom. The molecule has 2 bridgehead atoms. The van der Waals surface area contributed by atoms with E-state index >= 15 is 4.79 Å². The van der Waals surface area contributed by atoms with Gasteiger partial charge in [0.05, 0.1) is 30.8 Å². The van der Waals surface area contributed by atoms with Crippen LogP contribution >= 0.6 is 0 Å². The monoisotopic (exact) mass is 594 g/mol. The van der Waals surface area contributed by atoms with E-state index in [4.69, 9.17) is 9.47 Å². The quantitative estimate of drug-likeness (QED) is 0.191. The number of benzene rings is 1. The number of rotatable bonds is 13. The highest BCUT2D eigenvalue weighted by atomic mass is 16.6. The molecule has 8 nitrogen and oxygen atoms in total. The summed E-state index contributed by atoms with van der Waals surface area (Å²) in [5.41, 5.74) is -2.12. The fraction of sp³-hybridized carbons (Fsp3) is 0.629. The van der Waals surface area contributed by atoms with Crippen LogP contribution in [0.5, 0.6) is 0 Å². The number of carbonyl (C=O) groups excluding carboxylic acids is 3. The van der Waals surface area contributed by atoms with E-state index in [9.17, 15) is 14.7 Å². The second kappa shape index (κ2) is 12.2. The molecule has 3 aliphatic rings. The maximum Gasteiger partial charge on any atom is 0.312 e. The Bertz CT molecular complexity index is 1220. The van der Waals surface area contributed by atoms with Gasteiger partial charge in [-0.15, -0.1) is 13.2 Å². The molecule has 236 valence electrons. The fourth-order valence-corrected chi connectivity index (χ4v) is 8.16. The highest BCUT2D eigenvalue weighted by Crippen LogP contribution is 2.64. The summed E-state index contributed by atoms with van der Waals surface area (Å²) in [5, 5.41) is 10.8. The summed E-state index contributed by atoms with van der Waals surface area (Å²) < 4.78 is 12.5. The molecule has 2 amide bonds. The number of amides is 2. The second-order valence-electron chi connectivity index (χ2n) is 14.5. The van der Waals surface area contributed by atoms with Crippen LogP contribution in [-0.4, -0.2) is 75.2 Å². The third-order valence-corrected chi connectivity index (χ3v) is 9.46. The van der Waals surface area contributed by atoms with Crippen LogP contribution in [0.3, 0.4) is 0 Å². The lowest BCUT2D eigenvalue weighted by molar-refractivity contribution is -0.163. The van der Waals surface area contributed by atoms with Crippen LogP contribution in [0.1, 0.15) is 85.3 Å². The highest BCUT2D eigenvalue weighted by Gasteiger charge is 2.79. The van der Waals surface area contributed by atoms with Gasteiger partial charge in [0.2, 0.25) is 11.8 Å². The van der Waals surface area contributed by atoms with Crippen molar-refractivity contribution in [3.8, 4) is 0 Å². The van der Waals surface area contributed by atoms with Gasteiger partial charge in [0.1, 0.15) is 17.6 Å². The van der Waals surface area contributed by atoms with E-state index in [1.54, 1.807) is 17.1 Å². The van der Waals surface area contributed by atoms with Crippen molar-refractivity contribution >= 4 is 17.8 Å². The summed E-state index contributed by atoms with van der Waals surface area (Å²) in [6.07, 6.45) is 6.49. The van der Waals surface area contributed by atoms with Gasteiger partial charge in [-0.3, -0.25) is 14.4 Å². The van der Waals surface area contributed by atoms with E-state index in [-0.39, 0.29) is 37.0 Å². The lowest BCUT2D eigenvalue weighted by Gasteiger charge is -2.46. The van der Waals surface area contributed by atoms with Crippen LogP contribution in [0.15, 0.2) is 55.6 Å². The standard InChI is InChI=1S/C35H50N2O6/c1-9-11-15-21-42-31(41)27-26-29(39)37(25(22-38)24-16-13-12-14-17-24)28(35(26)19-18-34(27,8)43-35)30(40)36(20-10-2)33(6,7)23-32(3,4)5/h9-10,12-14,16-17,25-28,38H,1-2,11,15,18-23H2,3-8H3/t25-,26+,27+,28?,34-,35?/m1/s1. The zero-order valence-electron chi connectivity index (χ0n) is 26.8. The molecule has 4 rings (SSSR count). The number of likely N-dealkylation sites (tertiary alicyclic amines) is 1. The summed E-state index contributed by atoms with van der Waals surface area (Å²) in [6.45, 7) is 20.1. The topological polar surface area (TPSA) is 96.4 Å². The van der Waals surface area contributed by atoms with Crippen molar-refractivity contribution in [1.29, 1.82) is 0 Å². The first kappa shape index (κ1) is 32.9. The van der Waals surface area contributed by atoms with Crippen molar-refractivity contribution < 1.29 is 29.0 Å². The van der Waals surface area contributed by atoms with Gasteiger partial charge in [0.15, 0.2) is 0 Å². The van der Waals surface area contributed by atoms with Gasteiger partial charge < -0.3 is 24.4 Å². The number of unbranched alkanes of at least 4 members (excludes halogenated alkanes) is 1. The van der Waals surface area contributed by atoms with Crippen LogP contribution in [0.4, 0.5) is 0 Å². The van der Waals surface area contributed by atoms with Crippen molar-refractivity contribution in [2.45, 2.75) is 102 Å². The van der Waals surface area contributed by atoms with E-state index in [0.29, 0.717) is 37.7 Å². The number of hydrogen-bond acceptors (Lipinski definition) is 6. The molecule has 0 saturated carbocycles. The lowest BCUT2D eigenvalue weighted by Crippen LogP contribution is -2.61. The molecule has 1 N–H and O–H groups in total. The largest absolute Gasteiger partial charge is 0.465 e. The molecule has 3 fully saturated rings. The summed E-state index contributed by atoms with van der Waals surface area (Å²) in [4.78, 5) is 46.7. The Labute approximate surface area is 257 Å². The highest BCUT2D eigenvalue weighted by molar-refractivity contribution is 5.99. The van der Waals surface area contributed by atoms with E-state index in [2.05, 4.69) is 33.9 Å². The number of carbonyl (C=O) groups is 3. The normalized spacial score (nSPS) is 28.9. The van der Waals surface area contributed by atoms with Crippen molar-refractivity contribution in [2.24, 2.45) is 17.3 Å². The molecule has 0 aromatic heterocycles. The average molecular weight is 595 g/mol. The smallest absolute Gasteiger partial charge is 0.312 e. The number of hydrogen-bond donors (Lipinski definition) is 1. The minimum absolute atomic E-state index is 0.0802. The van der Waals surface area contributed by atoms with Gasteiger partial charge in [0, 0.05) is 12.1 Å². The lowest BCUT2D eigenvalue weighted by atomic mass is 9.66. The van der Waals surface area contributed by atoms with Gasteiger partial charge in [-0.1, -0.05) is 63.3 Å². The summed E-state index contributed by atoms with van der Waals surface area (Å²) in [6, 6.07) is 7.41. The Morgan fingerprint density at radius 2 is 1.84 bits per heavy atom. The second-order valence-corrected chi connectivity index (χ2v) is 14.5. The minimum atomic E-state index is -1.23. The van der Waals surface area contributed by atoms with Crippen molar-refractivity contribution in [2.75, 3.05) is 19.8 Å². The predicted octanol–water partition coefficient (Wildman–Crippen LogP) is 5.22. The van der Waals surface area contributed by atoms with E-state index in [1.807, 2.05) is 51.1 Å². The molecule has 8 heteroatoms. The van der Waals surface area contributed by atoms with Crippen LogP contribution in [0.25, 0.3) is 0 Å². The number of fused-ring (bicyclic) bond motifs is 1. The molecule has 1 spiro atoms. The molecule has 2 unspecified atom stereocenters. The first-order valence-corrected chi connectivity index (χ1v) is 15.6. The Balaban J connectivity index is 1.84. The van der Waals surface area contributed by atoms with Gasteiger partial charge in [0.25, 0.3) is 0 Å². The van der Waals surface area contributed by atoms with E-state index in [1.165, 1.54) is 4.90 Å². The van der Waals surface area contributed by atoms with E-state index in [0.717, 1.165) is 0 Å². The zero-order valence-corrected chi connectivity index (χ0v) is 26.8. The maximum atomic E-state index is 15.0. The number of aliphatic hydroxyl groups is 1. The molecule has 1 aromatic rings. The number of ether oxygens (including phenoxy) is 2. The molecule has 6 atom stereocenters. The summed E-state index contributed by atoms with van der Waals surface area (Å²) in [7, 11) is 0. The Morgan fingerprint density at radius 1 is 1.16 bits per heavy atom. The Hall–Kier alpha value is -2.97. The number of esters is 1. The average Bonchev–Trinajstić information content (AvgIpc) is 3.50. The van der Waals surface area contributed by atoms with Crippen LogP contribution in [0, 0.1) is 17.3 Å². The minimum Gasteiger partial charge on any atom is -0.465 e. The summed E-state index contributed by atoms with van der Waals surface area (Å²) >= 11 is 0. The molecule has 0 aliphatic carbocycles. The molecule has 43 heavy (non-hydrogen) atoms. The van der Waals surface area contributed by atoms with Crippen LogP contribution < -0.4 is 0 Å². The molecule has 3 aliphatic heterocycles. The molecular weight excluding hydrogens is 544 g/mol. The molecule has 1 aromatic carbocycles. The van der Waals surface area contributed by atoms with Gasteiger partial charge in [-0.05, 0) is 63.9 Å². The molecule has 3 heterocycles. The third-order valence-electron chi connectivity index (χ3n) is 9.46. The van der Waals surface area contributed by atoms with Crippen molar-refractivity contribution in [1.82, 2.24) is 9.80 Å². The Kier molecular flexibility index (Phi) is 9.34. The van der Waals surface area contributed by atoms with Crippen LogP contribution in [0.2, 0.25) is 0 Å².